The van der Waals surface area contributed by atoms with E-state index in [1.54, 1.807) is 4.90 Å². The molecule has 1 aliphatic carbocycles. The van der Waals surface area contributed by atoms with Gasteiger partial charge >= 0.3 is 0 Å². The first kappa shape index (κ1) is 8.31. The number of carbonyl (C=O) groups excluding carboxylic acids is 1. The van der Waals surface area contributed by atoms with Crippen LogP contribution < -0.4 is 0 Å². The van der Waals surface area contributed by atoms with Crippen LogP contribution in [0.15, 0.2) is 11.6 Å². The van der Waals surface area contributed by atoms with Gasteiger partial charge in [-0.25, -0.2) is 0 Å². The van der Waals surface area contributed by atoms with Crippen LogP contribution in [0.25, 0.3) is 0 Å². The number of nitrogens with zero attached hydrogens (tertiary/aromatic N) is 1. The van der Waals surface area contributed by atoms with Crippen molar-refractivity contribution < 1.29 is 4.79 Å². The van der Waals surface area contributed by atoms with Gasteiger partial charge in [0.15, 0.2) is 0 Å². The molecule has 0 radical (unpaired) electrons. The van der Waals surface area contributed by atoms with E-state index in [0.717, 1.165) is 31.4 Å². The molecule has 0 aromatic carbocycles. The summed E-state index contributed by atoms with van der Waals surface area (Å²) in [5, 5.41) is 0. The fraction of sp³-hybridized carbons (Fsp3) is 0.667. The predicted molar refractivity (Wildman–Crippen MR) is 45.2 cm³/mol. The van der Waals surface area contributed by atoms with Gasteiger partial charge < -0.3 is 4.90 Å². The fourth-order valence-electron chi connectivity index (χ4n) is 1.17. The SMILES string of the molecule is CCCN(C)C(=O)C1=CCC1. The van der Waals surface area contributed by atoms with E-state index in [2.05, 4.69) is 6.92 Å². The van der Waals surface area contributed by atoms with Crippen LogP contribution in [0.2, 0.25) is 0 Å². The Hall–Kier alpha value is -0.790. The van der Waals surface area contributed by atoms with Crippen molar-refractivity contribution in [3.63, 3.8) is 0 Å². The Kier molecular flexibility index (Phi) is 2.69. The summed E-state index contributed by atoms with van der Waals surface area (Å²) in [7, 11) is 1.87. The zero-order valence-electron chi connectivity index (χ0n) is 7.26. The molecule has 0 unspecified atom stereocenters. The molecule has 1 rings (SSSR count). The van der Waals surface area contributed by atoms with Crippen molar-refractivity contribution in [1.29, 1.82) is 0 Å². The summed E-state index contributed by atoms with van der Waals surface area (Å²) in [6.07, 6.45) is 5.12. The monoisotopic (exact) mass is 153 g/mol. The van der Waals surface area contributed by atoms with E-state index in [0.29, 0.717) is 0 Å². The summed E-state index contributed by atoms with van der Waals surface area (Å²) in [6, 6.07) is 0. The molecule has 1 aliphatic rings. The van der Waals surface area contributed by atoms with Crippen LogP contribution in [0.1, 0.15) is 26.2 Å². The van der Waals surface area contributed by atoms with Crippen LogP contribution in [-0.2, 0) is 4.79 Å². The second-order valence-corrected chi connectivity index (χ2v) is 2.99. The van der Waals surface area contributed by atoms with E-state index in [-0.39, 0.29) is 5.91 Å². The molecule has 0 aliphatic heterocycles. The van der Waals surface area contributed by atoms with Crippen LogP contribution >= 0.6 is 0 Å². The number of amides is 1. The lowest BCUT2D eigenvalue weighted by Crippen LogP contribution is -2.30. The smallest absolute Gasteiger partial charge is 0.249 e. The normalized spacial score (nSPS) is 15.3. The summed E-state index contributed by atoms with van der Waals surface area (Å²) in [4.78, 5) is 13.2. The molecule has 0 atom stereocenters. The van der Waals surface area contributed by atoms with Gasteiger partial charge in [-0.15, -0.1) is 0 Å². The number of hydrogen-bond acceptors (Lipinski definition) is 1. The Bertz CT molecular complexity index is 184. The molecule has 1 amide bonds. The van der Waals surface area contributed by atoms with Crippen molar-refractivity contribution in [2.75, 3.05) is 13.6 Å². The van der Waals surface area contributed by atoms with Crippen molar-refractivity contribution in [2.45, 2.75) is 26.2 Å². The molecule has 2 heteroatoms. The van der Waals surface area contributed by atoms with Gasteiger partial charge in [-0.1, -0.05) is 13.0 Å². The van der Waals surface area contributed by atoms with Crippen molar-refractivity contribution >= 4 is 5.91 Å². The van der Waals surface area contributed by atoms with Gasteiger partial charge in [-0.2, -0.15) is 0 Å². The minimum Gasteiger partial charge on any atom is -0.342 e. The Labute approximate surface area is 67.9 Å². The average Bonchev–Trinajstić information content (AvgIpc) is 1.84. The summed E-state index contributed by atoms with van der Waals surface area (Å²) < 4.78 is 0. The first-order chi connectivity index (χ1) is 5.25. The van der Waals surface area contributed by atoms with Crippen molar-refractivity contribution in [3.8, 4) is 0 Å². The molecule has 0 bridgehead atoms. The lowest BCUT2D eigenvalue weighted by Gasteiger charge is -2.21. The van der Waals surface area contributed by atoms with E-state index >= 15 is 0 Å². The average molecular weight is 153 g/mol. The third-order valence-corrected chi connectivity index (χ3v) is 1.98. The third kappa shape index (κ3) is 1.82. The minimum atomic E-state index is 0.220. The van der Waals surface area contributed by atoms with Gasteiger partial charge in [0.1, 0.15) is 0 Å². The number of likely N-dealkylation sites (N-methyl/N-ethyl adjacent to an activating group) is 1. The maximum absolute atomic E-state index is 11.4. The number of allylic oxidation sites excluding steroid dienone is 1. The fourth-order valence-corrected chi connectivity index (χ4v) is 1.17. The molecule has 0 fully saturated rings. The lowest BCUT2D eigenvalue weighted by atomic mass is 9.98. The van der Waals surface area contributed by atoms with Gasteiger partial charge in [-0.3, -0.25) is 4.79 Å². The molecule has 2 nitrogen and oxygen atoms in total. The molecular formula is C9H15NO. The maximum atomic E-state index is 11.4. The third-order valence-electron chi connectivity index (χ3n) is 1.98. The van der Waals surface area contributed by atoms with Gasteiger partial charge in [0.2, 0.25) is 5.91 Å². The zero-order chi connectivity index (χ0) is 8.27. The van der Waals surface area contributed by atoms with Crippen molar-refractivity contribution in [2.24, 2.45) is 0 Å². The highest BCUT2D eigenvalue weighted by atomic mass is 16.2. The standard InChI is InChI=1S/C9H15NO/c1-3-7-10(2)9(11)8-5-4-6-8/h5H,3-4,6-7H2,1-2H3. The zero-order valence-corrected chi connectivity index (χ0v) is 7.26. The van der Waals surface area contributed by atoms with Gasteiger partial charge in [0.05, 0.1) is 0 Å². The van der Waals surface area contributed by atoms with Crippen LogP contribution in [0, 0.1) is 0 Å². The predicted octanol–water partition coefficient (Wildman–Crippen LogP) is 1.57. The minimum absolute atomic E-state index is 0.220. The molecule has 0 aromatic heterocycles. The second-order valence-electron chi connectivity index (χ2n) is 2.99. The van der Waals surface area contributed by atoms with Gasteiger partial charge in [-0.05, 0) is 19.3 Å². The first-order valence-electron chi connectivity index (χ1n) is 4.20. The second kappa shape index (κ2) is 3.56. The highest BCUT2D eigenvalue weighted by molar-refractivity contribution is 5.94. The molecule has 0 saturated heterocycles. The summed E-state index contributed by atoms with van der Waals surface area (Å²) in [6.45, 7) is 2.95. The lowest BCUT2D eigenvalue weighted by molar-refractivity contribution is -0.126. The van der Waals surface area contributed by atoms with Crippen LogP contribution in [0.5, 0.6) is 0 Å². The van der Waals surface area contributed by atoms with Crippen LogP contribution in [-0.4, -0.2) is 24.4 Å². The Balaban J connectivity index is 2.40. The van der Waals surface area contributed by atoms with Crippen molar-refractivity contribution in [3.05, 3.63) is 11.6 Å². The van der Waals surface area contributed by atoms with E-state index in [1.807, 2.05) is 13.1 Å². The molecule has 0 saturated carbocycles. The van der Waals surface area contributed by atoms with Crippen molar-refractivity contribution in [1.82, 2.24) is 4.90 Å². The maximum Gasteiger partial charge on any atom is 0.249 e. The van der Waals surface area contributed by atoms with Gasteiger partial charge in [0.25, 0.3) is 0 Å². The van der Waals surface area contributed by atoms with E-state index in [4.69, 9.17) is 0 Å². The molecule has 0 spiro atoms. The number of rotatable bonds is 3. The van der Waals surface area contributed by atoms with Crippen LogP contribution in [0.4, 0.5) is 0 Å². The first-order valence-corrected chi connectivity index (χ1v) is 4.20. The highest BCUT2D eigenvalue weighted by Gasteiger charge is 2.17. The number of carbonyl (C=O) groups is 1. The highest BCUT2D eigenvalue weighted by Crippen LogP contribution is 2.19. The van der Waals surface area contributed by atoms with E-state index < -0.39 is 0 Å². The number of hydrogen-bond donors (Lipinski definition) is 0. The topological polar surface area (TPSA) is 20.3 Å². The van der Waals surface area contributed by atoms with E-state index in [1.165, 1.54) is 0 Å². The largest absolute Gasteiger partial charge is 0.342 e. The summed E-state index contributed by atoms with van der Waals surface area (Å²) in [5.41, 5.74) is 1.00. The molecular weight excluding hydrogens is 138 g/mol. The van der Waals surface area contributed by atoms with E-state index in [9.17, 15) is 4.79 Å². The molecule has 0 N–H and O–H groups in total. The molecule has 62 valence electrons. The Morgan fingerprint density at radius 3 is 2.73 bits per heavy atom. The summed E-state index contributed by atoms with van der Waals surface area (Å²) in [5.74, 6) is 0.220. The quantitative estimate of drug-likeness (QED) is 0.602. The summed E-state index contributed by atoms with van der Waals surface area (Å²) >= 11 is 0. The molecule has 0 aromatic rings. The molecule has 11 heavy (non-hydrogen) atoms. The Morgan fingerprint density at radius 1 is 1.73 bits per heavy atom. The Morgan fingerprint density at radius 2 is 2.36 bits per heavy atom. The van der Waals surface area contributed by atoms with Crippen LogP contribution in [0.3, 0.4) is 0 Å². The van der Waals surface area contributed by atoms with Gasteiger partial charge in [0, 0.05) is 19.2 Å². The molecule has 0 heterocycles.